The Balaban J connectivity index is 2.20. The molecule has 1 amide bonds. The van der Waals surface area contributed by atoms with E-state index in [0.717, 1.165) is 12.1 Å². The van der Waals surface area contributed by atoms with Crippen molar-refractivity contribution in [1.29, 1.82) is 0 Å². The Kier molecular flexibility index (Phi) is 3.46. The molecule has 19 heavy (non-hydrogen) atoms. The van der Waals surface area contributed by atoms with E-state index < -0.39 is 17.6 Å². The standard InChI is InChI=1S/C12H8F3N3O/c13-12(14,15)9-4-1-3-8(7-9)10(19)18-11-16-5-2-6-17-11/h1-7H,(H,16,17,18,19). The number of aromatic nitrogens is 2. The summed E-state index contributed by atoms with van der Waals surface area (Å²) in [6, 6.07) is 5.69. The Bertz CT molecular complexity index is 584. The minimum Gasteiger partial charge on any atom is -0.290 e. The lowest BCUT2D eigenvalue weighted by molar-refractivity contribution is -0.137. The monoisotopic (exact) mass is 267 g/mol. The lowest BCUT2D eigenvalue weighted by Gasteiger charge is -2.08. The number of amides is 1. The van der Waals surface area contributed by atoms with Gasteiger partial charge >= 0.3 is 6.18 Å². The molecule has 0 aliphatic heterocycles. The minimum absolute atomic E-state index is 0.0323. The quantitative estimate of drug-likeness (QED) is 0.910. The van der Waals surface area contributed by atoms with Gasteiger partial charge in [0, 0.05) is 18.0 Å². The normalized spacial score (nSPS) is 11.1. The van der Waals surface area contributed by atoms with Crippen LogP contribution in [0.5, 0.6) is 0 Å². The van der Waals surface area contributed by atoms with Crippen LogP contribution in [0.4, 0.5) is 19.1 Å². The molecule has 0 saturated carbocycles. The van der Waals surface area contributed by atoms with Gasteiger partial charge in [0.25, 0.3) is 5.91 Å². The molecule has 0 fully saturated rings. The maximum absolute atomic E-state index is 12.5. The lowest BCUT2D eigenvalue weighted by atomic mass is 10.1. The average Bonchev–Trinajstić information content (AvgIpc) is 2.39. The number of nitrogens with zero attached hydrogens (tertiary/aromatic N) is 2. The highest BCUT2D eigenvalue weighted by Gasteiger charge is 2.30. The first-order valence-electron chi connectivity index (χ1n) is 5.22. The zero-order valence-corrected chi connectivity index (χ0v) is 9.48. The van der Waals surface area contributed by atoms with Crippen LogP contribution in [0.25, 0.3) is 0 Å². The van der Waals surface area contributed by atoms with Gasteiger partial charge in [0.05, 0.1) is 5.56 Å². The van der Waals surface area contributed by atoms with E-state index in [2.05, 4.69) is 15.3 Å². The second-order valence-electron chi connectivity index (χ2n) is 3.61. The molecule has 0 aliphatic carbocycles. The molecule has 4 nitrogen and oxygen atoms in total. The fraction of sp³-hybridized carbons (Fsp3) is 0.0833. The average molecular weight is 267 g/mol. The largest absolute Gasteiger partial charge is 0.416 e. The van der Waals surface area contributed by atoms with Crippen molar-refractivity contribution in [3.05, 3.63) is 53.9 Å². The Morgan fingerprint density at radius 2 is 1.79 bits per heavy atom. The molecule has 7 heteroatoms. The smallest absolute Gasteiger partial charge is 0.290 e. The van der Waals surface area contributed by atoms with Crippen LogP contribution >= 0.6 is 0 Å². The molecule has 1 aromatic heterocycles. The van der Waals surface area contributed by atoms with E-state index in [-0.39, 0.29) is 11.5 Å². The van der Waals surface area contributed by atoms with Crippen LogP contribution in [-0.2, 0) is 6.18 Å². The molecule has 0 aliphatic rings. The van der Waals surface area contributed by atoms with Crippen LogP contribution in [0.15, 0.2) is 42.7 Å². The Morgan fingerprint density at radius 1 is 1.11 bits per heavy atom. The van der Waals surface area contributed by atoms with Crippen molar-refractivity contribution >= 4 is 11.9 Å². The third-order valence-corrected chi connectivity index (χ3v) is 2.24. The fourth-order valence-corrected chi connectivity index (χ4v) is 1.37. The van der Waals surface area contributed by atoms with E-state index in [1.54, 1.807) is 6.07 Å². The predicted octanol–water partition coefficient (Wildman–Crippen LogP) is 2.75. The van der Waals surface area contributed by atoms with Crippen LogP contribution in [0.3, 0.4) is 0 Å². The number of anilines is 1. The second kappa shape index (κ2) is 5.05. The SMILES string of the molecule is O=C(Nc1ncccn1)c1cccc(C(F)(F)F)c1. The Hall–Kier alpha value is -2.44. The third-order valence-electron chi connectivity index (χ3n) is 2.24. The van der Waals surface area contributed by atoms with Crippen LogP contribution < -0.4 is 5.32 Å². The molecular formula is C12H8F3N3O. The van der Waals surface area contributed by atoms with Gasteiger partial charge < -0.3 is 0 Å². The molecule has 98 valence electrons. The summed E-state index contributed by atoms with van der Waals surface area (Å²) in [6.07, 6.45) is -1.66. The van der Waals surface area contributed by atoms with Gasteiger partial charge in [-0.3, -0.25) is 10.1 Å². The van der Waals surface area contributed by atoms with Gasteiger partial charge in [-0.05, 0) is 24.3 Å². The fourth-order valence-electron chi connectivity index (χ4n) is 1.37. The topological polar surface area (TPSA) is 54.9 Å². The first-order chi connectivity index (χ1) is 8.97. The Morgan fingerprint density at radius 3 is 2.42 bits per heavy atom. The van der Waals surface area contributed by atoms with Gasteiger partial charge in [-0.2, -0.15) is 13.2 Å². The molecule has 2 aromatic rings. The third kappa shape index (κ3) is 3.27. The van der Waals surface area contributed by atoms with E-state index in [9.17, 15) is 18.0 Å². The van der Waals surface area contributed by atoms with Crippen molar-refractivity contribution in [2.75, 3.05) is 5.32 Å². The van der Waals surface area contributed by atoms with Gasteiger partial charge in [-0.1, -0.05) is 6.07 Å². The van der Waals surface area contributed by atoms with E-state index in [0.29, 0.717) is 0 Å². The van der Waals surface area contributed by atoms with Gasteiger partial charge in [-0.25, -0.2) is 9.97 Å². The number of rotatable bonds is 2. The summed E-state index contributed by atoms with van der Waals surface area (Å²) in [5.74, 6) is -0.665. The van der Waals surface area contributed by atoms with Crippen LogP contribution in [-0.4, -0.2) is 15.9 Å². The molecule has 0 atom stereocenters. The number of hydrogen-bond donors (Lipinski definition) is 1. The van der Waals surface area contributed by atoms with Crippen molar-refractivity contribution < 1.29 is 18.0 Å². The summed E-state index contributed by atoms with van der Waals surface area (Å²) >= 11 is 0. The van der Waals surface area contributed by atoms with Gasteiger partial charge in [0.15, 0.2) is 0 Å². The highest BCUT2D eigenvalue weighted by molar-refractivity contribution is 6.03. The summed E-state index contributed by atoms with van der Waals surface area (Å²) in [6.45, 7) is 0. The molecule has 1 aromatic carbocycles. The van der Waals surface area contributed by atoms with Crippen molar-refractivity contribution in [2.24, 2.45) is 0 Å². The van der Waals surface area contributed by atoms with Crippen molar-refractivity contribution in [1.82, 2.24) is 9.97 Å². The summed E-state index contributed by atoms with van der Waals surface area (Å²) in [5.41, 5.74) is -0.989. The second-order valence-corrected chi connectivity index (χ2v) is 3.61. The number of benzene rings is 1. The van der Waals surface area contributed by atoms with Crippen molar-refractivity contribution in [2.45, 2.75) is 6.18 Å². The van der Waals surface area contributed by atoms with Crippen molar-refractivity contribution in [3.63, 3.8) is 0 Å². The van der Waals surface area contributed by atoms with E-state index in [1.165, 1.54) is 24.5 Å². The Labute approximate surface area is 106 Å². The van der Waals surface area contributed by atoms with E-state index >= 15 is 0 Å². The van der Waals surface area contributed by atoms with Crippen molar-refractivity contribution in [3.8, 4) is 0 Å². The minimum atomic E-state index is -4.49. The van der Waals surface area contributed by atoms with Crippen LogP contribution in [0.2, 0.25) is 0 Å². The summed E-state index contributed by atoms with van der Waals surface area (Å²) < 4.78 is 37.5. The number of hydrogen-bond acceptors (Lipinski definition) is 3. The highest BCUT2D eigenvalue weighted by atomic mass is 19.4. The number of alkyl halides is 3. The molecule has 0 radical (unpaired) electrons. The first-order valence-corrected chi connectivity index (χ1v) is 5.22. The van der Waals surface area contributed by atoms with Gasteiger partial charge in [0.1, 0.15) is 0 Å². The number of carbonyl (C=O) groups excluding carboxylic acids is 1. The molecule has 1 heterocycles. The molecule has 0 saturated heterocycles. The first kappa shape index (κ1) is 13.0. The summed E-state index contributed by atoms with van der Waals surface area (Å²) in [7, 11) is 0. The number of nitrogens with one attached hydrogen (secondary N) is 1. The van der Waals surface area contributed by atoms with Crippen LogP contribution in [0, 0.1) is 0 Å². The van der Waals surface area contributed by atoms with Gasteiger partial charge in [-0.15, -0.1) is 0 Å². The van der Waals surface area contributed by atoms with E-state index in [1.807, 2.05) is 0 Å². The zero-order chi connectivity index (χ0) is 13.9. The van der Waals surface area contributed by atoms with Crippen LogP contribution in [0.1, 0.15) is 15.9 Å². The molecule has 1 N–H and O–H groups in total. The van der Waals surface area contributed by atoms with E-state index in [4.69, 9.17) is 0 Å². The maximum atomic E-state index is 12.5. The molecule has 2 rings (SSSR count). The molecule has 0 unspecified atom stereocenters. The zero-order valence-electron chi connectivity index (χ0n) is 9.48. The predicted molar refractivity (Wildman–Crippen MR) is 61.4 cm³/mol. The summed E-state index contributed by atoms with van der Waals surface area (Å²) in [5, 5.41) is 2.31. The molecule has 0 spiro atoms. The summed E-state index contributed by atoms with van der Waals surface area (Å²) in [4.78, 5) is 19.2. The van der Waals surface area contributed by atoms with Gasteiger partial charge in [0.2, 0.25) is 5.95 Å². The highest BCUT2D eigenvalue weighted by Crippen LogP contribution is 2.29. The number of halogens is 3. The lowest BCUT2D eigenvalue weighted by Crippen LogP contribution is -2.15. The number of carbonyl (C=O) groups is 1. The maximum Gasteiger partial charge on any atom is 0.416 e. The molecular weight excluding hydrogens is 259 g/mol. The molecule has 0 bridgehead atoms.